The molecule has 2 N–H and O–H groups in total. The predicted octanol–water partition coefficient (Wildman–Crippen LogP) is 3.29. The van der Waals surface area contributed by atoms with Crippen LogP contribution in [0.4, 0.5) is 8.78 Å². The van der Waals surface area contributed by atoms with Gasteiger partial charge in [0.1, 0.15) is 23.2 Å². The number of aliphatic carboxylic acids is 1. The van der Waals surface area contributed by atoms with Crippen molar-refractivity contribution in [2.45, 2.75) is 30.0 Å². The van der Waals surface area contributed by atoms with Crippen LogP contribution in [0.3, 0.4) is 0 Å². The highest BCUT2D eigenvalue weighted by Crippen LogP contribution is 2.30. The molecule has 11 nitrogen and oxygen atoms in total. The molecule has 242 valence electrons. The van der Waals surface area contributed by atoms with Crippen LogP contribution in [-0.4, -0.2) is 45.6 Å². The van der Waals surface area contributed by atoms with Crippen molar-refractivity contribution in [3.05, 3.63) is 128 Å². The number of sulfone groups is 1. The zero-order valence-electron chi connectivity index (χ0n) is 25.3. The van der Waals surface area contributed by atoms with E-state index >= 15 is 8.78 Å². The minimum atomic E-state index is -3.95. The zero-order valence-corrected chi connectivity index (χ0v) is 26.1. The minimum Gasteiger partial charge on any atom is -0.480 e. The van der Waals surface area contributed by atoms with Crippen molar-refractivity contribution in [1.82, 2.24) is 19.4 Å². The molecule has 0 radical (unpaired) electrons. The molecular weight excluding hydrogens is 634 g/mol. The van der Waals surface area contributed by atoms with Crippen molar-refractivity contribution in [3.63, 3.8) is 0 Å². The van der Waals surface area contributed by atoms with Crippen LogP contribution in [0, 0.1) is 18.6 Å². The van der Waals surface area contributed by atoms with E-state index in [-0.39, 0.29) is 22.4 Å². The van der Waals surface area contributed by atoms with Gasteiger partial charge in [-0.25, -0.2) is 26.8 Å². The minimum absolute atomic E-state index is 0.0466. The van der Waals surface area contributed by atoms with Gasteiger partial charge in [-0.15, -0.1) is 0 Å². The molecule has 47 heavy (non-hydrogen) atoms. The van der Waals surface area contributed by atoms with Crippen LogP contribution in [0.5, 0.6) is 0 Å². The molecule has 5 aromatic rings. The van der Waals surface area contributed by atoms with Gasteiger partial charge in [0.15, 0.2) is 9.84 Å². The Kier molecular flexibility index (Phi) is 8.89. The van der Waals surface area contributed by atoms with E-state index in [4.69, 9.17) is 0 Å². The highest BCUT2D eigenvalue weighted by molar-refractivity contribution is 7.90. The van der Waals surface area contributed by atoms with Gasteiger partial charge in [0.2, 0.25) is 0 Å². The zero-order chi connectivity index (χ0) is 34.2. The Morgan fingerprint density at radius 1 is 0.957 bits per heavy atom. The largest absolute Gasteiger partial charge is 0.480 e. The van der Waals surface area contributed by atoms with E-state index in [1.54, 1.807) is 37.3 Å². The van der Waals surface area contributed by atoms with Crippen LogP contribution >= 0.6 is 0 Å². The van der Waals surface area contributed by atoms with Gasteiger partial charge in [-0.3, -0.25) is 19.1 Å². The lowest BCUT2D eigenvalue weighted by Crippen LogP contribution is -2.43. The first kappa shape index (κ1) is 32.9. The summed E-state index contributed by atoms with van der Waals surface area (Å²) in [6.07, 6.45) is 1.15. The maximum Gasteiger partial charge on any atom is 0.330 e. The number of hydrogen-bond acceptors (Lipinski definition) is 7. The Morgan fingerprint density at radius 2 is 1.62 bits per heavy atom. The molecular formula is C33H28F2N4O7S. The number of benzene rings is 3. The number of nitrogens with one attached hydrogen (secondary N) is 1. The summed E-state index contributed by atoms with van der Waals surface area (Å²) >= 11 is 0. The number of aromatic nitrogens is 3. The third-order valence-corrected chi connectivity index (χ3v) is 9.61. The average Bonchev–Trinajstić information content (AvgIpc) is 3.03. The first-order valence-electron chi connectivity index (χ1n) is 14.1. The summed E-state index contributed by atoms with van der Waals surface area (Å²) in [7, 11) is -1.07. The molecule has 14 heteroatoms. The quantitative estimate of drug-likeness (QED) is 0.244. The van der Waals surface area contributed by atoms with E-state index in [0.29, 0.717) is 27.7 Å². The number of nitrogens with zero attached hydrogens (tertiary/aromatic N) is 3. The van der Waals surface area contributed by atoms with Gasteiger partial charge in [0, 0.05) is 43.4 Å². The maximum atomic E-state index is 15.1. The number of carboxylic acids is 1. The maximum absolute atomic E-state index is 15.1. The van der Waals surface area contributed by atoms with E-state index in [9.17, 15) is 32.7 Å². The van der Waals surface area contributed by atoms with Crippen LogP contribution < -0.4 is 16.6 Å². The predicted molar refractivity (Wildman–Crippen MR) is 169 cm³/mol. The summed E-state index contributed by atoms with van der Waals surface area (Å²) in [5.41, 5.74) is -0.632. The van der Waals surface area contributed by atoms with Gasteiger partial charge in [0.25, 0.3) is 11.5 Å². The SMILES string of the molecule is Cc1c(-c2ccc(C[C@H](NC(=O)c3c(F)cc(CS(=O)(=O)c4ccccc4)cc3F)C(=O)O)c3cccnc23)c(=O)n(C)c(=O)n1C. The van der Waals surface area contributed by atoms with Crippen LogP contribution in [0.15, 0.2) is 87.4 Å². The molecule has 0 aliphatic rings. The van der Waals surface area contributed by atoms with E-state index in [1.807, 2.05) is 0 Å². The smallest absolute Gasteiger partial charge is 0.330 e. The number of halogens is 2. The standard InChI is InChI=1S/C33H28F2N4O7S/c1-18-27(31(41)39(3)33(44)38(18)2)23-12-11-20(22-10-7-13-36-29(22)23)16-26(32(42)43)37-30(40)28-24(34)14-19(15-25(28)35)17-47(45,46)21-8-5-4-6-9-21/h4-15,26H,16-17H2,1-3H3,(H,37,40)(H,42,43)/t26-/m0/s1. The summed E-state index contributed by atoms with van der Waals surface area (Å²) in [5, 5.41) is 12.6. The lowest BCUT2D eigenvalue weighted by atomic mass is 9.95. The number of fused-ring (bicyclic) bond motifs is 1. The van der Waals surface area contributed by atoms with Gasteiger partial charge in [-0.2, -0.15) is 0 Å². The van der Waals surface area contributed by atoms with Gasteiger partial charge in [-0.05, 0) is 48.4 Å². The molecule has 0 fully saturated rings. The van der Waals surface area contributed by atoms with Crippen molar-refractivity contribution in [1.29, 1.82) is 0 Å². The molecule has 0 saturated carbocycles. The highest BCUT2D eigenvalue weighted by Gasteiger charge is 2.28. The fourth-order valence-corrected chi connectivity index (χ4v) is 6.72. The highest BCUT2D eigenvalue weighted by atomic mass is 32.2. The normalized spacial score (nSPS) is 12.2. The Hall–Kier alpha value is -5.50. The van der Waals surface area contributed by atoms with Crippen molar-refractivity contribution >= 4 is 32.6 Å². The molecule has 0 saturated heterocycles. The van der Waals surface area contributed by atoms with E-state index in [0.717, 1.165) is 16.7 Å². The Morgan fingerprint density at radius 3 is 2.26 bits per heavy atom. The molecule has 0 unspecified atom stereocenters. The lowest BCUT2D eigenvalue weighted by molar-refractivity contribution is -0.139. The van der Waals surface area contributed by atoms with E-state index < -0.39 is 62.0 Å². The third kappa shape index (κ3) is 6.31. The van der Waals surface area contributed by atoms with Gasteiger partial charge >= 0.3 is 11.7 Å². The van der Waals surface area contributed by atoms with Crippen LogP contribution in [0.2, 0.25) is 0 Å². The van der Waals surface area contributed by atoms with Crippen LogP contribution in [-0.2, 0) is 40.9 Å². The Balaban J connectivity index is 1.45. The van der Waals surface area contributed by atoms with Gasteiger partial charge in [-0.1, -0.05) is 36.4 Å². The van der Waals surface area contributed by atoms with Crippen molar-refractivity contribution in [2.75, 3.05) is 0 Å². The molecule has 0 bridgehead atoms. The molecule has 1 amide bonds. The molecule has 3 aromatic carbocycles. The summed E-state index contributed by atoms with van der Waals surface area (Å²) in [4.78, 5) is 55.2. The van der Waals surface area contributed by atoms with Crippen molar-refractivity contribution in [2.24, 2.45) is 14.1 Å². The van der Waals surface area contributed by atoms with Gasteiger partial charge < -0.3 is 15.0 Å². The fourth-order valence-electron chi connectivity index (χ4n) is 5.37. The topological polar surface area (TPSA) is 157 Å². The van der Waals surface area contributed by atoms with E-state index in [1.165, 1.54) is 49.1 Å². The second-order valence-electron chi connectivity index (χ2n) is 10.9. The average molecular weight is 663 g/mol. The Bertz CT molecular complexity index is 2280. The Labute approximate surface area is 266 Å². The first-order valence-corrected chi connectivity index (χ1v) is 15.8. The number of carboxylic acid groups (broad SMARTS) is 1. The molecule has 0 spiro atoms. The van der Waals surface area contributed by atoms with Crippen LogP contribution in [0.25, 0.3) is 22.0 Å². The summed E-state index contributed by atoms with van der Waals surface area (Å²) in [6.45, 7) is 1.61. The monoisotopic (exact) mass is 662 g/mol. The summed E-state index contributed by atoms with van der Waals surface area (Å²) < 4.78 is 57.8. The van der Waals surface area contributed by atoms with Crippen LogP contribution in [0.1, 0.15) is 27.2 Å². The molecule has 0 aliphatic heterocycles. The second kappa shape index (κ2) is 12.7. The number of carbonyl (C=O) groups is 2. The third-order valence-electron chi connectivity index (χ3n) is 7.90. The molecule has 2 heterocycles. The fraction of sp³-hybridized carbons (Fsp3) is 0.182. The number of amides is 1. The van der Waals surface area contributed by atoms with E-state index in [2.05, 4.69) is 10.3 Å². The number of rotatable bonds is 9. The number of carbonyl (C=O) groups excluding carboxylic acids is 1. The second-order valence-corrected chi connectivity index (χ2v) is 12.9. The lowest BCUT2D eigenvalue weighted by Gasteiger charge is -2.18. The molecule has 5 rings (SSSR count). The first-order chi connectivity index (χ1) is 22.2. The number of pyridine rings is 1. The van der Waals surface area contributed by atoms with Crippen molar-refractivity contribution < 1.29 is 31.9 Å². The van der Waals surface area contributed by atoms with Crippen molar-refractivity contribution in [3.8, 4) is 11.1 Å². The van der Waals surface area contributed by atoms with Gasteiger partial charge in [0.05, 0.1) is 21.7 Å². The molecule has 0 aliphatic carbocycles. The summed E-state index contributed by atoms with van der Waals surface area (Å²) in [5.74, 6) is -6.30. The molecule has 2 aromatic heterocycles. The number of hydrogen-bond donors (Lipinski definition) is 2. The molecule has 1 atom stereocenters. The summed E-state index contributed by atoms with van der Waals surface area (Å²) in [6, 6.07) is 13.4.